The molecule has 119 heavy (non-hydrogen) atoms. The number of aromatic amines is 4. The number of carbonyl (C=O) groups excluding carboxylic acids is 8. The molecule has 6 N–H and O–H groups in total. The summed E-state index contributed by atoms with van der Waals surface area (Å²) in [6, 6.07) is 21.8. The van der Waals surface area contributed by atoms with Gasteiger partial charge in [-0.3, -0.25) is 28.8 Å². The van der Waals surface area contributed by atoms with Crippen LogP contribution in [0.25, 0.3) is 67.3 Å². The maximum Gasteiger partial charge on any atom is 0.407 e. The van der Waals surface area contributed by atoms with Crippen LogP contribution in [0, 0.1) is 29.5 Å². The van der Waals surface area contributed by atoms with Gasteiger partial charge >= 0.3 is 24.1 Å². The first kappa shape index (κ1) is 85.7. The number of amides is 6. The fraction of sp³-hybridized carbons (Fsp3) is 0.500. The Kier molecular flexibility index (Phi) is 26.6. The molecule has 4 aromatic heterocycles. The number of methoxy groups -OCH3 is 6. The number of nitrogens with zero attached hydrogens (tertiary/aromatic N) is 8. The number of halogens is 3. The van der Waals surface area contributed by atoms with Crippen LogP contribution in [0.3, 0.4) is 0 Å². The van der Waals surface area contributed by atoms with Crippen LogP contribution >= 0.6 is 0 Å². The van der Waals surface area contributed by atoms with E-state index in [4.69, 9.17) is 33.7 Å². The molecule has 6 amide bonds. The molecular formula is C88H107F3N14O14. The summed E-state index contributed by atoms with van der Waals surface area (Å²) in [6.45, 7) is 11.7. The summed E-state index contributed by atoms with van der Waals surface area (Å²) in [5.74, 6) is -4.73. The molecule has 8 heterocycles. The van der Waals surface area contributed by atoms with Crippen LogP contribution in [0.5, 0.6) is 0 Å². The number of fused-ring (bicyclic) bond motifs is 6. The summed E-state index contributed by atoms with van der Waals surface area (Å²) in [5.41, 5.74) is 14.1. The fourth-order valence-electron chi connectivity index (χ4n) is 17.5. The van der Waals surface area contributed by atoms with Gasteiger partial charge in [0.15, 0.2) is 0 Å². The van der Waals surface area contributed by atoms with Crippen LogP contribution < -0.4 is 10.6 Å². The molecule has 0 saturated carbocycles. The number of imidazole rings is 4. The van der Waals surface area contributed by atoms with Crippen molar-refractivity contribution in [2.24, 2.45) is 23.7 Å². The molecule has 4 fully saturated rings. The SMILES string of the molecule is COC(=O)C[C@H](C(=O)N1CCC[C@H]1c1nc2c([nH]1)CCCc1cc(-c3ccc(-c4cnc([C@@H]5CC(F)(F)CN5C(=O)[C@@H](NC(=O)OC)C(C)C)[nH]4)cc3)ccc1-2)C(C)C.COC(=O)C[C@H](C(=O)N1CCC[C@H]1c1nc2c([nH]1)CCCc1cc(-c3ccc(-c4cnc([C@@H]5CCCN5C(=O)[C@@H](NC(=O)OC)[C@H](C)OC)[nH]4)c(F)c3)ccc1-2)[C@@H](C)OC. The molecule has 4 aliphatic heterocycles. The van der Waals surface area contributed by atoms with Crippen molar-refractivity contribution in [2.75, 3.05) is 68.8 Å². The molecule has 14 rings (SSSR count). The van der Waals surface area contributed by atoms with E-state index in [1.807, 2.05) is 66.1 Å². The number of benzene rings is 4. The van der Waals surface area contributed by atoms with Gasteiger partial charge in [-0.05, 0) is 154 Å². The number of alkyl carbamates (subject to hydrolysis) is 2. The molecule has 4 saturated heterocycles. The summed E-state index contributed by atoms with van der Waals surface area (Å²) < 4.78 is 75.7. The Labute approximate surface area is 689 Å². The molecule has 4 aromatic carbocycles. The van der Waals surface area contributed by atoms with Crippen LogP contribution in [-0.2, 0) is 82.9 Å². The summed E-state index contributed by atoms with van der Waals surface area (Å²) in [4.78, 5) is 143. The molecule has 0 bridgehead atoms. The standard InChI is InChI=1S/C44H53F2N7O6.C44H54FN7O8/c1-24(2)31(20-36(54)58-5)41(55)52-18-8-11-34(52)40-48-32-10-7-9-29-19-28(16-17-30(29)38(32)50-40)26-12-14-27(15-13-26)33-22-47-39(49-33)35-21-44(45,46)23-53(35)42(56)37(25(3)4)51-43(57)59-6;1-24(57-3)31(22-37(53)59-5)42(54)51-18-9-13-36(51)41-47-33-11-7-10-28-20-26(14-16-29(28)39(33)49-41)27-15-17-30(32(45)21-27)34-23-46-40(48-34)35-12-8-19-52(35)43(55)38(25(2)58-4)50-44(56)60-6/h12-17,19,22,24-25,31,34-35,37H,7-11,18,20-21,23H2,1-6H3,(H,47,49)(H,48,50)(H,51,57);14-17,20-21,23-25,31,35-36,38H,7-13,18-19,22H2,1-6H3,(H,46,48)(H,47,49)(H,50,56)/t31-,34-,35-,37-;24-,25+,31+,35+,36+,38+/m01/s1. The average molecular weight is 1640 g/mol. The number of rotatable bonds is 24. The van der Waals surface area contributed by atoms with Crippen molar-refractivity contribution in [1.29, 1.82) is 0 Å². The molecule has 8 aromatic rings. The van der Waals surface area contributed by atoms with E-state index in [1.165, 1.54) is 54.3 Å². The topological polar surface area (TPSA) is 344 Å². The predicted molar refractivity (Wildman–Crippen MR) is 435 cm³/mol. The lowest BCUT2D eigenvalue weighted by Crippen LogP contribution is -2.54. The second-order valence-electron chi connectivity index (χ2n) is 32.5. The van der Waals surface area contributed by atoms with Crippen molar-refractivity contribution < 1.29 is 79.9 Å². The molecule has 2 aliphatic carbocycles. The second-order valence-corrected chi connectivity index (χ2v) is 32.5. The highest BCUT2D eigenvalue weighted by Gasteiger charge is 2.51. The van der Waals surface area contributed by atoms with Gasteiger partial charge in [0.2, 0.25) is 23.6 Å². The third-order valence-electron chi connectivity index (χ3n) is 24.4. The molecule has 0 unspecified atom stereocenters. The Morgan fingerprint density at radius 1 is 0.462 bits per heavy atom. The number of hydrogen-bond donors (Lipinski definition) is 6. The van der Waals surface area contributed by atoms with Crippen LogP contribution in [-0.4, -0.2) is 206 Å². The van der Waals surface area contributed by atoms with Crippen LogP contribution in [0.15, 0.2) is 91.3 Å². The molecule has 0 spiro atoms. The van der Waals surface area contributed by atoms with Crippen LogP contribution in [0.4, 0.5) is 22.8 Å². The maximum atomic E-state index is 16.0. The number of H-pyrrole nitrogens is 4. The first-order valence-corrected chi connectivity index (χ1v) is 41.1. The Balaban J connectivity index is 0.000000206. The van der Waals surface area contributed by atoms with Gasteiger partial charge in [0.05, 0.1) is 131 Å². The number of hydrogen-bond acceptors (Lipinski definition) is 18. The average Bonchev–Trinajstić information content (AvgIpc) is 1.65. The number of aryl methyl sites for hydroxylation is 4. The third-order valence-corrected chi connectivity index (χ3v) is 24.4. The third kappa shape index (κ3) is 18.5. The van der Waals surface area contributed by atoms with Crippen molar-refractivity contribution in [1.82, 2.24) is 70.1 Å². The number of ether oxygens (including phenoxy) is 6. The van der Waals surface area contributed by atoms with Crippen molar-refractivity contribution in [2.45, 2.75) is 192 Å². The maximum absolute atomic E-state index is 16.0. The van der Waals surface area contributed by atoms with Gasteiger partial charge < -0.3 is 78.6 Å². The summed E-state index contributed by atoms with van der Waals surface area (Å²) in [5, 5.41) is 5.08. The van der Waals surface area contributed by atoms with E-state index in [2.05, 4.69) is 69.5 Å². The Morgan fingerprint density at radius 3 is 1.40 bits per heavy atom. The van der Waals surface area contributed by atoms with Gasteiger partial charge in [-0.25, -0.2) is 42.7 Å². The Bertz CT molecular complexity index is 5040. The highest BCUT2D eigenvalue weighted by atomic mass is 19.3. The van der Waals surface area contributed by atoms with Crippen molar-refractivity contribution in [3.63, 3.8) is 0 Å². The minimum absolute atomic E-state index is 0.0143. The van der Waals surface area contributed by atoms with E-state index in [0.29, 0.717) is 48.8 Å². The highest BCUT2D eigenvalue weighted by Crippen LogP contribution is 2.45. The summed E-state index contributed by atoms with van der Waals surface area (Å²) in [6.07, 6.45) is 9.70. The number of alkyl halides is 2. The first-order chi connectivity index (χ1) is 57.1. The normalized spacial score (nSPS) is 19.5. The zero-order valence-corrected chi connectivity index (χ0v) is 69.5. The number of carbonyl (C=O) groups is 8. The van der Waals surface area contributed by atoms with E-state index in [0.717, 1.165) is 154 Å². The number of nitrogens with one attached hydrogen (secondary N) is 6. The molecule has 31 heteroatoms. The monoisotopic (exact) mass is 1640 g/mol. The van der Waals surface area contributed by atoms with Gasteiger partial charge in [-0.2, -0.15) is 0 Å². The van der Waals surface area contributed by atoms with E-state index in [9.17, 15) is 47.1 Å². The largest absolute Gasteiger partial charge is 0.469 e. The molecular weight excluding hydrogens is 1530 g/mol. The lowest BCUT2D eigenvalue weighted by Gasteiger charge is -2.30. The van der Waals surface area contributed by atoms with E-state index >= 15 is 4.39 Å². The van der Waals surface area contributed by atoms with Crippen molar-refractivity contribution >= 4 is 47.8 Å². The molecule has 0 radical (unpaired) electrons. The quantitative estimate of drug-likeness (QED) is 0.0242. The number of aromatic nitrogens is 8. The minimum atomic E-state index is -3.13. The molecule has 28 nitrogen and oxygen atoms in total. The Morgan fingerprint density at radius 2 is 0.899 bits per heavy atom. The highest BCUT2D eigenvalue weighted by molar-refractivity contribution is 5.89. The van der Waals surface area contributed by atoms with Gasteiger partial charge in [0, 0.05) is 68.4 Å². The van der Waals surface area contributed by atoms with Gasteiger partial charge in [-0.1, -0.05) is 94.4 Å². The minimum Gasteiger partial charge on any atom is -0.469 e. The zero-order chi connectivity index (χ0) is 84.8. The Hall–Kier alpha value is -11.2. The first-order valence-electron chi connectivity index (χ1n) is 41.1. The van der Waals surface area contributed by atoms with Gasteiger partial charge in [0.25, 0.3) is 5.92 Å². The van der Waals surface area contributed by atoms with E-state index in [1.54, 1.807) is 51.1 Å². The second kappa shape index (κ2) is 37.0. The lowest BCUT2D eigenvalue weighted by atomic mass is 9.90. The fourth-order valence-corrected chi connectivity index (χ4v) is 17.5. The van der Waals surface area contributed by atoms with Gasteiger partial charge in [-0.15, -0.1) is 0 Å². The van der Waals surface area contributed by atoms with Crippen molar-refractivity contribution in [3.8, 4) is 67.3 Å². The molecule has 10 atom stereocenters. The van der Waals surface area contributed by atoms with Crippen LogP contribution in [0.2, 0.25) is 0 Å². The van der Waals surface area contributed by atoms with Crippen LogP contribution in [0.1, 0.15) is 182 Å². The molecule has 6 aliphatic rings. The number of likely N-dealkylation sites (tertiary alicyclic amines) is 4. The summed E-state index contributed by atoms with van der Waals surface area (Å²) in [7, 11) is 8.08. The van der Waals surface area contributed by atoms with Crippen molar-refractivity contribution in [3.05, 3.63) is 143 Å². The predicted octanol–water partition coefficient (Wildman–Crippen LogP) is 13.5. The van der Waals surface area contributed by atoms with E-state index < -0.39 is 90.9 Å². The smallest absolute Gasteiger partial charge is 0.407 e. The molecule has 634 valence electrons. The summed E-state index contributed by atoms with van der Waals surface area (Å²) >= 11 is 0. The lowest BCUT2D eigenvalue weighted by molar-refractivity contribution is -0.151. The van der Waals surface area contributed by atoms with Gasteiger partial charge in [0.1, 0.15) is 41.2 Å². The van der Waals surface area contributed by atoms with E-state index in [-0.39, 0.29) is 72.3 Å². The number of esters is 2. The zero-order valence-electron chi connectivity index (χ0n) is 69.5.